The second kappa shape index (κ2) is 8.36. The van der Waals surface area contributed by atoms with Crippen molar-refractivity contribution in [1.29, 1.82) is 5.41 Å². The molecule has 1 N–H and O–H groups in total. The first-order chi connectivity index (χ1) is 8.10. The Hall–Kier alpha value is -1.80. The normalized spacial score (nSPS) is 7.65. The van der Waals surface area contributed by atoms with Crippen LogP contribution in [0.4, 0.5) is 11.4 Å². The highest BCUT2D eigenvalue weighted by Crippen LogP contribution is 2.28. The number of hydrogen-bond acceptors (Lipinski definition) is 6. The molecule has 86 valence electrons. The molecule has 0 aliphatic heterocycles. The number of aliphatic imine (C=N–C) groups is 2. The second-order valence-corrected chi connectivity index (χ2v) is 3.30. The van der Waals surface area contributed by atoms with Gasteiger partial charge in [-0.25, -0.2) is 10.2 Å². The highest BCUT2D eigenvalue weighted by atomic mass is 32.1. The zero-order chi connectivity index (χ0) is 13.3. The van der Waals surface area contributed by atoms with Gasteiger partial charge in [0.2, 0.25) is 6.08 Å². The fraction of sp³-hybridized carbons (Fsp3) is 0.182. The number of isocyanates is 1. The minimum absolute atomic E-state index is 0.750. The largest absolute Gasteiger partial charge is 0.231 e. The van der Waals surface area contributed by atoms with E-state index in [1.165, 1.54) is 0 Å². The number of nitrogens with one attached hydrogen (secondary N) is 1. The third kappa shape index (κ3) is 5.18. The smallest absolute Gasteiger partial charge is 0.222 e. The first-order valence-electron chi connectivity index (χ1n) is 4.41. The first-order valence-corrected chi connectivity index (χ1v) is 5.23. The van der Waals surface area contributed by atoms with E-state index >= 15 is 0 Å². The summed E-state index contributed by atoms with van der Waals surface area (Å²) in [6.07, 6.45) is 0.750. The Morgan fingerprint density at radius 2 is 1.53 bits per heavy atom. The highest BCUT2D eigenvalue weighted by Gasteiger charge is 2.02. The van der Waals surface area contributed by atoms with Crippen LogP contribution < -0.4 is 0 Å². The number of benzene rings is 1. The van der Waals surface area contributed by atoms with Gasteiger partial charge in [-0.1, -0.05) is 0 Å². The number of carbonyl (C=O) groups excluding carboxylic acids is 1. The van der Waals surface area contributed by atoms with E-state index in [1.807, 2.05) is 26.0 Å². The summed E-state index contributed by atoms with van der Waals surface area (Å²) in [4.78, 5) is 16.2. The van der Waals surface area contributed by atoms with E-state index in [2.05, 4.69) is 44.7 Å². The molecule has 6 heteroatoms. The van der Waals surface area contributed by atoms with Gasteiger partial charge in [-0.05, 0) is 61.5 Å². The molecule has 1 rings (SSSR count). The van der Waals surface area contributed by atoms with Crippen LogP contribution in [-0.2, 0) is 4.79 Å². The Labute approximate surface area is 110 Å². The average molecular weight is 263 g/mol. The van der Waals surface area contributed by atoms with Crippen molar-refractivity contribution < 1.29 is 4.79 Å². The van der Waals surface area contributed by atoms with Crippen LogP contribution in [0.3, 0.4) is 0 Å². The van der Waals surface area contributed by atoms with Crippen molar-refractivity contribution in [3.63, 3.8) is 0 Å². The van der Waals surface area contributed by atoms with E-state index in [0.717, 1.165) is 28.6 Å². The number of aryl methyl sites for hydroxylation is 2. The Morgan fingerprint density at radius 1 is 1.12 bits per heavy atom. The predicted molar refractivity (Wildman–Crippen MR) is 73.7 cm³/mol. The third-order valence-electron chi connectivity index (χ3n) is 1.81. The summed E-state index contributed by atoms with van der Waals surface area (Å²) in [6, 6.07) is 3.77. The van der Waals surface area contributed by atoms with Crippen molar-refractivity contribution in [3.05, 3.63) is 23.3 Å². The van der Waals surface area contributed by atoms with E-state index in [9.17, 15) is 0 Å². The van der Waals surface area contributed by atoms with Crippen LogP contribution in [0.1, 0.15) is 11.1 Å². The van der Waals surface area contributed by atoms with Crippen molar-refractivity contribution in [2.75, 3.05) is 0 Å². The molecule has 0 heterocycles. The zero-order valence-corrected chi connectivity index (χ0v) is 10.9. The van der Waals surface area contributed by atoms with E-state index < -0.39 is 0 Å². The predicted octanol–water partition coefficient (Wildman–Crippen LogP) is 3.67. The lowest BCUT2D eigenvalue weighted by atomic mass is 10.1. The Balaban J connectivity index is 0.000000770. The van der Waals surface area contributed by atoms with Crippen LogP contribution in [0.5, 0.6) is 0 Å². The Morgan fingerprint density at radius 3 is 1.88 bits per heavy atom. The van der Waals surface area contributed by atoms with Gasteiger partial charge in [0.15, 0.2) is 0 Å². The average Bonchev–Trinajstić information content (AvgIpc) is 2.25. The SMILES string of the molecule is Cc1cc(N=C=S)cc(C)c1N=C=S.N=C=O. The fourth-order valence-electron chi connectivity index (χ4n) is 1.27. The zero-order valence-electron chi connectivity index (χ0n) is 9.27. The maximum atomic E-state index is 8.35. The third-order valence-corrected chi connectivity index (χ3v) is 1.99. The van der Waals surface area contributed by atoms with Crippen LogP contribution in [-0.4, -0.2) is 16.4 Å². The van der Waals surface area contributed by atoms with Gasteiger partial charge in [-0.15, -0.1) is 0 Å². The lowest BCUT2D eigenvalue weighted by Gasteiger charge is -2.03. The molecule has 0 aliphatic carbocycles. The van der Waals surface area contributed by atoms with Gasteiger partial charge in [0.25, 0.3) is 0 Å². The summed E-state index contributed by atoms with van der Waals surface area (Å²) < 4.78 is 0. The molecule has 0 unspecified atom stereocenters. The molecule has 1 aromatic rings. The molecule has 0 saturated carbocycles. The lowest BCUT2D eigenvalue weighted by Crippen LogP contribution is -1.80. The molecular weight excluding hydrogens is 254 g/mol. The van der Waals surface area contributed by atoms with Gasteiger partial charge >= 0.3 is 0 Å². The quantitative estimate of drug-likeness (QED) is 0.503. The number of nitrogens with zero attached hydrogens (tertiary/aromatic N) is 2. The molecule has 0 aromatic heterocycles. The van der Waals surface area contributed by atoms with Crippen LogP contribution in [0.2, 0.25) is 0 Å². The standard InChI is InChI=1S/C10H8N2S2.CHNO/c1-7-3-9(11-5-13)4-8(2)10(7)12-6-14;2-1-3/h3-4H,1-2H3;2H. The molecule has 0 fully saturated rings. The molecule has 0 amide bonds. The summed E-state index contributed by atoms with van der Waals surface area (Å²) in [7, 11) is 0. The van der Waals surface area contributed by atoms with Crippen molar-refractivity contribution in [3.8, 4) is 0 Å². The van der Waals surface area contributed by atoms with Crippen molar-refractivity contribution in [1.82, 2.24) is 0 Å². The van der Waals surface area contributed by atoms with Gasteiger partial charge < -0.3 is 0 Å². The summed E-state index contributed by atoms with van der Waals surface area (Å²) in [5.41, 5.74) is 3.65. The second-order valence-electron chi connectivity index (χ2n) is 2.94. The van der Waals surface area contributed by atoms with Gasteiger partial charge in [0.1, 0.15) is 0 Å². The van der Waals surface area contributed by atoms with E-state index in [4.69, 9.17) is 10.2 Å². The molecular formula is C11H9N3OS2. The topological polar surface area (TPSA) is 65.6 Å². The molecule has 0 radical (unpaired) electrons. The van der Waals surface area contributed by atoms with Crippen LogP contribution in [0, 0.1) is 19.3 Å². The van der Waals surface area contributed by atoms with Crippen LogP contribution >= 0.6 is 24.4 Å². The van der Waals surface area contributed by atoms with Crippen molar-refractivity contribution in [2.24, 2.45) is 9.98 Å². The number of hydrogen-bond donors (Lipinski definition) is 1. The van der Waals surface area contributed by atoms with E-state index in [0.29, 0.717) is 0 Å². The monoisotopic (exact) mass is 263 g/mol. The maximum Gasteiger partial charge on any atom is 0.231 e. The number of thiocarbonyl (C=S) groups is 2. The molecule has 0 spiro atoms. The molecule has 0 atom stereocenters. The molecule has 4 nitrogen and oxygen atoms in total. The minimum Gasteiger partial charge on any atom is -0.222 e. The molecule has 1 aromatic carbocycles. The molecule has 0 aliphatic rings. The Kier molecular flexibility index (Phi) is 7.48. The summed E-state index contributed by atoms with van der Waals surface area (Å²) in [5.74, 6) is 0. The van der Waals surface area contributed by atoms with Gasteiger partial charge in [0.05, 0.1) is 21.7 Å². The molecule has 0 bridgehead atoms. The van der Waals surface area contributed by atoms with Gasteiger partial charge in [0, 0.05) is 0 Å². The number of rotatable bonds is 2. The molecule has 0 saturated heterocycles. The minimum atomic E-state index is 0.750. The first kappa shape index (κ1) is 15.2. The highest BCUT2D eigenvalue weighted by molar-refractivity contribution is 7.78. The summed E-state index contributed by atoms with van der Waals surface area (Å²) in [6.45, 7) is 3.89. The van der Waals surface area contributed by atoms with Gasteiger partial charge in [-0.2, -0.15) is 9.98 Å². The fourth-order valence-corrected chi connectivity index (χ4v) is 1.47. The van der Waals surface area contributed by atoms with Crippen molar-refractivity contribution in [2.45, 2.75) is 13.8 Å². The van der Waals surface area contributed by atoms with Crippen molar-refractivity contribution >= 4 is 52.2 Å². The van der Waals surface area contributed by atoms with Crippen LogP contribution in [0.25, 0.3) is 0 Å². The van der Waals surface area contributed by atoms with Crippen LogP contribution in [0.15, 0.2) is 22.1 Å². The van der Waals surface area contributed by atoms with Gasteiger partial charge in [-0.3, -0.25) is 0 Å². The number of isothiocyanates is 2. The van der Waals surface area contributed by atoms with E-state index in [-0.39, 0.29) is 0 Å². The summed E-state index contributed by atoms with van der Waals surface area (Å²) >= 11 is 9.10. The Bertz CT molecular complexity index is 513. The molecule has 17 heavy (non-hydrogen) atoms. The maximum absolute atomic E-state index is 8.35. The summed E-state index contributed by atoms with van der Waals surface area (Å²) in [5, 5.41) is 10.1. The van der Waals surface area contributed by atoms with E-state index in [1.54, 1.807) is 0 Å². The lowest BCUT2D eigenvalue weighted by molar-refractivity contribution is 0.563.